The number of benzene rings is 1. The molecule has 0 fully saturated rings. The second-order valence-corrected chi connectivity index (χ2v) is 6.70. The van der Waals surface area contributed by atoms with Crippen LogP contribution in [-0.2, 0) is 11.2 Å². The SMILES string of the molecule is CC(C)N(CCCC(=O)O)CC1Cc2cc(Br)ccc2O1. The quantitative estimate of drug-likeness (QED) is 0.814. The van der Waals surface area contributed by atoms with E-state index in [1.165, 1.54) is 5.56 Å². The maximum atomic E-state index is 10.6. The molecule has 0 aliphatic carbocycles. The Morgan fingerprint density at radius 3 is 2.95 bits per heavy atom. The number of hydrogen-bond acceptors (Lipinski definition) is 3. The molecule has 1 aromatic carbocycles. The lowest BCUT2D eigenvalue weighted by Crippen LogP contribution is -2.40. The zero-order valence-corrected chi connectivity index (χ0v) is 14.1. The highest BCUT2D eigenvalue weighted by atomic mass is 79.9. The van der Waals surface area contributed by atoms with Crippen molar-refractivity contribution in [2.75, 3.05) is 13.1 Å². The number of halogens is 1. The first-order chi connectivity index (χ1) is 9.95. The van der Waals surface area contributed by atoms with Crippen LogP contribution in [0.5, 0.6) is 5.75 Å². The fourth-order valence-electron chi connectivity index (χ4n) is 2.65. The summed E-state index contributed by atoms with van der Waals surface area (Å²) in [5.74, 6) is 0.241. The summed E-state index contributed by atoms with van der Waals surface area (Å²) in [6, 6.07) is 6.50. The number of aliphatic carboxylic acids is 1. The lowest BCUT2D eigenvalue weighted by Gasteiger charge is -2.28. The Bertz CT molecular complexity index is 504. The second kappa shape index (κ2) is 7.27. The third kappa shape index (κ3) is 4.71. The van der Waals surface area contributed by atoms with E-state index < -0.39 is 5.97 Å². The molecule has 2 rings (SSSR count). The van der Waals surface area contributed by atoms with Crippen molar-refractivity contribution in [3.63, 3.8) is 0 Å². The standard InChI is InChI=1S/C16H22BrNO3/c1-11(2)18(7-3-4-16(19)20)10-14-9-12-8-13(17)5-6-15(12)21-14/h5-6,8,11,14H,3-4,7,9-10H2,1-2H3,(H,19,20). The van der Waals surface area contributed by atoms with E-state index in [4.69, 9.17) is 9.84 Å². The van der Waals surface area contributed by atoms with Gasteiger partial charge in [0.1, 0.15) is 11.9 Å². The molecule has 1 aliphatic heterocycles. The lowest BCUT2D eigenvalue weighted by atomic mass is 10.1. The van der Waals surface area contributed by atoms with E-state index in [1.54, 1.807) is 0 Å². The minimum atomic E-state index is -0.729. The van der Waals surface area contributed by atoms with Crippen LogP contribution in [0.3, 0.4) is 0 Å². The molecular weight excluding hydrogens is 334 g/mol. The Hall–Kier alpha value is -1.07. The van der Waals surface area contributed by atoms with Crippen molar-refractivity contribution in [1.29, 1.82) is 0 Å². The van der Waals surface area contributed by atoms with Gasteiger partial charge in [0.25, 0.3) is 0 Å². The van der Waals surface area contributed by atoms with Crippen molar-refractivity contribution in [3.8, 4) is 5.75 Å². The maximum absolute atomic E-state index is 10.6. The van der Waals surface area contributed by atoms with Gasteiger partial charge in [0.15, 0.2) is 0 Å². The van der Waals surface area contributed by atoms with E-state index in [-0.39, 0.29) is 12.5 Å². The topological polar surface area (TPSA) is 49.8 Å². The molecule has 0 amide bonds. The number of hydrogen-bond donors (Lipinski definition) is 1. The Morgan fingerprint density at radius 1 is 1.52 bits per heavy atom. The zero-order chi connectivity index (χ0) is 15.4. The summed E-state index contributed by atoms with van der Waals surface area (Å²) >= 11 is 3.49. The van der Waals surface area contributed by atoms with Gasteiger partial charge in [-0.2, -0.15) is 0 Å². The minimum absolute atomic E-state index is 0.154. The van der Waals surface area contributed by atoms with Gasteiger partial charge in [-0.3, -0.25) is 9.69 Å². The summed E-state index contributed by atoms with van der Waals surface area (Å²) in [5.41, 5.74) is 1.24. The van der Waals surface area contributed by atoms with Gasteiger partial charge in [0, 0.05) is 29.9 Å². The summed E-state index contributed by atoms with van der Waals surface area (Å²) in [7, 11) is 0. The third-order valence-corrected chi connectivity index (χ3v) is 4.26. The molecule has 116 valence electrons. The first-order valence-corrected chi connectivity index (χ1v) is 8.16. The van der Waals surface area contributed by atoms with Crippen LogP contribution in [0.4, 0.5) is 0 Å². The average molecular weight is 356 g/mol. The fraction of sp³-hybridized carbons (Fsp3) is 0.562. The molecule has 5 heteroatoms. The Morgan fingerprint density at radius 2 is 2.29 bits per heavy atom. The van der Waals surface area contributed by atoms with Gasteiger partial charge >= 0.3 is 5.97 Å². The number of carbonyl (C=O) groups is 1. The number of ether oxygens (including phenoxy) is 1. The highest BCUT2D eigenvalue weighted by molar-refractivity contribution is 9.10. The van der Waals surface area contributed by atoms with Crippen LogP contribution in [0, 0.1) is 0 Å². The number of rotatable bonds is 7. The van der Waals surface area contributed by atoms with Gasteiger partial charge < -0.3 is 9.84 Å². The van der Waals surface area contributed by atoms with Gasteiger partial charge in [0.2, 0.25) is 0 Å². The average Bonchev–Trinajstić information content (AvgIpc) is 2.78. The molecule has 0 spiro atoms. The van der Waals surface area contributed by atoms with Crippen LogP contribution in [0.25, 0.3) is 0 Å². The molecule has 0 bridgehead atoms. The molecule has 1 unspecified atom stereocenters. The Kier molecular flexibility index (Phi) is 5.65. The van der Waals surface area contributed by atoms with Crippen molar-refractivity contribution >= 4 is 21.9 Å². The molecule has 4 nitrogen and oxygen atoms in total. The largest absolute Gasteiger partial charge is 0.488 e. The number of carboxylic acid groups (broad SMARTS) is 1. The van der Waals surface area contributed by atoms with Crippen molar-refractivity contribution in [2.24, 2.45) is 0 Å². The number of fused-ring (bicyclic) bond motifs is 1. The predicted molar refractivity (Wildman–Crippen MR) is 85.8 cm³/mol. The van der Waals surface area contributed by atoms with Crippen LogP contribution in [0.1, 0.15) is 32.3 Å². The van der Waals surface area contributed by atoms with E-state index in [2.05, 4.69) is 40.7 Å². The Balaban J connectivity index is 1.89. The molecule has 1 heterocycles. The molecule has 21 heavy (non-hydrogen) atoms. The summed E-state index contributed by atoms with van der Waals surface area (Å²) < 4.78 is 7.07. The molecular formula is C16H22BrNO3. The minimum Gasteiger partial charge on any atom is -0.488 e. The summed E-state index contributed by atoms with van der Waals surface area (Å²) in [4.78, 5) is 12.9. The van der Waals surface area contributed by atoms with Gasteiger partial charge in [-0.15, -0.1) is 0 Å². The highest BCUT2D eigenvalue weighted by Crippen LogP contribution is 2.31. The summed E-state index contributed by atoms with van der Waals surface area (Å²) in [6.45, 7) is 5.91. The predicted octanol–water partition coefficient (Wildman–Crippen LogP) is 3.33. The fourth-order valence-corrected chi connectivity index (χ4v) is 3.05. The van der Waals surface area contributed by atoms with Crippen molar-refractivity contribution in [1.82, 2.24) is 4.90 Å². The van der Waals surface area contributed by atoms with E-state index in [9.17, 15) is 4.79 Å². The van der Waals surface area contributed by atoms with Gasteiger partial charge in [-0.05, 0) is 50.6 Å². The molecule has 1 aromatic rings. The van der Waals surface area contributed by atoms with E-state index in [1.807, 2.05) is 12.1 Å². The first-order valence-electron chi connectivity index (χ1n) is 7.36. The second-order valence-electron chi connectivity index (χ2n) is 5.78. The van der Waals surface area contributed by atoms with E-state index in [0.717, 1.165) is 29.7 Å². The molecule has 1 N–H and O–H groups in total. The van der Waals surface area contributed by atoms with Crippen LogP contribution in [0.2, 0.25) is 0 Å². The van der Waals surface area contributed by atoms with Crippen LogP contribution in [0.15, 0.2) is 22.7 Å². The van der Waals surface area contributed by atoms with E-state index in [0.29, 0.717) is 12.5 Å². The third-order valence-electron chi connectivity index (χ3n) is 3.77. The summed E-state index contributed by atoms with van der Waals surface area (Å²) in [5, 5.41) is 8.75. The van der Waals surface area contributed by atoms with Crippen molar-refractivity contribution in [3.05, 3.63) is 28.2 Å². The maximum Gasteiger partial charge on any atom is 0.303 e. The molecule has 0 saturated heterocycles. The highest BCUT2D eigenvalue weighted by Gasteiger charge is 2.25. The first kappa shape index (κ1) is 16.3. The van der Waals surface area contributed by atoms with Crippen LogP contribution < -0.4 is 4.74 Å². The zero-order valence-electron chi connectivity index (χ0n) is 12.5. The van der Waals surface area contributed by atoms with Gasteiger partial charge in [-0.25, -0.2) is 0 Å². The molecule has 0 radical (unpaired) electrons. The van der Waals surface area contributed by atoms with Crippen LogP contribution >= 0.6 is 15.9 Å². The van der Waals surface area contributed by atoms with Crippen LogP contribution in [-0.4, -0.2) is 41.2 Å². The number of nitrogens with zero attached hydrogens (tertiary/aromatic N) is 1. The van der Waals surface area contributed by atoms with Crippen molar-refractivity contribution < 1.29 is 14.6 Å². The lowest BCUT2D eigenvalue weighted by molar-refractivity contribution is -0.137. The summed E-state index contributed by atoms with van der Waals surface area (Å²) in [6.07, 6.45) is 1.97. The molecule has 0 saturated carbocycles. The normalized spacial score (nSPS) is 17.1. The smallest absolute Gasteiger partial charge is 0.303 e. The van der Waals surface area contributed by atoms with E-state index >= 15 is 0 Å². The Labute approximate surface area is 134 Å². The number of carboxylic acids is 1. The van der Waals surface area contributed by atoms with Gasteiger partial charge in [0.05, 0.1) is 0 Å². The van der Waals surface area contributed by atoms with Crippen molar-refractivity contribution in [2.45, 2.75) is 45.3 Å². The molecule has 0 aromatic heterocycles. The monoisotopic (exact) mass is 355 g/mol. The molecule has 1 atom stereocenters. The van der Waals surface area contributed by atoms with Gasteiger partial charge in [-0.1, -0.05) is 15.9 Å². The molecule has 1 aliphatic rings.